The molecule has 0 spiro atoms. The van der Waals surface area contributed by atoms with E-state index in [1.54, 1.807) is 0 Å². The molecule has 3 nitrogen and oxygen atoms in total. The number of benzene rings is 1. The number of carbonyl (C=O) groups is 1. The summed E-state index contributed by atoms with van der Waals surface area (Å²) in [6, 6.07) is 10.1. The third kappa shape index (κ3) is 4.34. The van der Waals surface area contributed by atoms with Gasteiger partial charge in [0.2, 0.25) is 0 Å². The minimum Gasteiger partial charge on any atom is -0.452 e. The van der Waals surface area contributed by atoms with Crippen molar-refractivity contribution >= 4 is 5.97 Å². The number of quaternary nitrogens is 1. The molecule has 1 heterocycles. The highest BCUT2D eigenvalue weighted by Gasteiger charge is 2.30. The van der Waals surface area contributed by atoms with E-state index in [2.05, 4.69) is 19.2 Å². The van der Waals surface area contributed by atoms with Crippen LogP contribution >= 0.6 is 0 Å². The van der Waals surface area contributed by atoms with Crippen LogP contribution < -0.4 is 0 Å². The Bertz CT molecular complexity index is 422. The summed E-state index contributed by atoms with van der Waals surface area (Å²) in [4.78, 5) is 11.4. The molecular weight excluding hydrogens is 250 g/mol. The second-order valence-electron chi connectivity index (χ2n) is 6.17. The van der Waals surface area contributed by atoms with Gasteiger partial charge in [0.25, 0.3) is 0 Å². The zero-order valence-corrected chi connectivity index (χ0v) is 12.7. The van der Waals surface area contributed by atoms with Gasteiger partial charge in [-0.3, -0.25) is 4.79 Å². The molecule has 0 N–H and O–H groups in total. The van der Waals surface area contributed by atoms with E-state index in [-0.39, 0.29) is 12.1 Å². The molecule has 1 aliphatic heterocycles. The smallest absolute Gasteiger partial charge is 0.303 e. The lowest BCUT2D eigenvalue weighted by Crippen LogP contribution is -2.48. The topological polar surface area (TPSA) is 26.3 Å². The van der Waals surface area contributed by atoms with Gasteiger partial charge in [-0.2, -0.15) is 0 Å². The average molecular weight is 276 g/mol. The quantitative estimate of drug-likeness (QED) is 0.623. The van der Waals surface area contributed by atoms with Gasteiger partial charge in [0.05, 0.1) is 20.1 Å². The Hall–Kier alpha value is -1.35. The summed E-state index contributed by atoms with van der Waals surface area (Å²) in [6.07, 6.45) is 5.09. The van der Waals surface area contributed by atoms with Crippen molar-refractivity contribution in [3.05, 3.63) is 35.9 Å². The summed E-state index contributed by atoms with van der Waals surface area (Å²) in [7, 11) is 2.30. The molecule has 0 saturated carbocycles. The van der Waals surface area contributed by atoms with Gasteiger partial charge in [-0.15, -0.1) is 0 Å². The van der Waals surface area contributed by atoms with Gasteiger partial charge in [-0.25, -0.2) is 0 Å². The highest BCUT2D eigenvalue weighted by molar-refractivity contribution is 5.66. The van der Waals surface area contributed by atoms with Crippen LogP contribution in [0.2, 0.25) is 0 Å². The van der Waals surface area contributed by atoms with E-state index in [9.17, 15) is 4.79 Å². The monoisotopic (exact) mass is 276 g/mol. The van der Waals surface area contributed by atoms with Gasteiger partial charge >= 0.3 is 5.97 Å². The fourth-order valence-corrected chi connectivity index (χ4v) is 3.11. The van der Waals surface area contributed by atoms with Crippen molar-refractivity contribution in [1.82, 2.24) is 0 Å². The van der Waals surface area contributed by atoms with Crippen molar-refractivity contribution in [2.75, 3.05) is 26.7 Å². The molecule has 0 amide bonds. The molecular formula is C17H26NO2+. The highest BCUT2D eigenvalue weighted by atomic mass is 16.5. The third-order valence-electron chi connectivity index (χ3n) is 4.23. The number of hydrogen-bond donors (Lipinski definition) is 0. The van der Waals surface area contributed by atoms with Crippen molar-refractivity contribution in [1.29, 1.82) is 0 Å². The molecule has 3 heteroatoms. The molecule has 0 unspecified atom stereocenters. The van der Waals surface area contributed by atoms with E-state index in [0.29, 0.717) is 0 Å². The van der Waals surface area contributed by atoms with Crippen molar-refractivity contribution in [3.8, 4) is 0 Å². The van der Waals surface area contributed by atoms with Crippen LogP contribution in [0.15, 0.2) is 30.3 Å². The Kier molecular flexibility index (Phi) is 5.18. The zero-order chi connectivity index (χ0) is 14.4. The van der Waals surface area contributed by atoms with Crippen LogP contribution in [0.25, 0.3) is 0 Å². The van der Waals surface area contributed by atoms with Crippen LogP contribution in [0.1, 0.15) is 44.3 Å². The lowest BCUT2D eigenvalue weighted by Gasteiger charge is -2.36. The van der Waals surface area contributed by atoms with Crippen LogP contribution in [-0.2, 0) is 9.53 Å². The fraction of sp³-hybridized carbons (Fsp3) is 0.588. The van der Waals surface area contributed by atoms with Gasteiger partial charge in [-0.1, -0.05) is 30.3 Å². The van der Waals surface area contributed by atoms with Crippen LogP contribution in [-0.4, -0.2) is 37.1 Å². The molecule has 1 aliphatic rings. The normalized spacial score (nSPS) is 19.9. The highest BCUT2D eigenvalue weighted by Crippen LogP contribution is 2.25. The largest absolute Gasteiger partial charge is 0.452 e. The number of hydrogen-bond acceptors (Lipinski definition) is 2. The summed E-state index contributed by atoms with van der Waals surface area (Å²) in [6.45, 7) is 4.75. The lowest BCUT2D eigenvalue weighted by atomic mass is 10.1. The molecule has 0 aromatic heterocycles. The second-order valence-corrected chi connectivity index (χ2v) is 6.17. The van der Waals surface area contributed by atoms with E-state index in [4.69, 9.17) is 4.74 Å². The summed E-state index contributed by atoms with van der Waals surface area (Å²) in [5.41, 5.74) is 1.10. The number of likely N-dealkylation sites (N-methyl/N-ethyl adjacent to an activating group) is 1. The molecule has 110 valence electrons. The van der Waals surface area contributed by atoms with Crippen LogP contribution in [0.3, 0.4) is 0 Å². The Morgan fingerprint density at radius 3 is 2.30 bits per heavy atom. The molecule has 20 heavy (non-hydrogen) atoms. The maximum absolute atomic E-state index is 11.4. The molecule has 0 bridgehead atoms. The maximum atomic E-state index is 11.4. The number of carbonyl (C=O) groups excluding carboxylic acids is 1. The predicted octanol–water partition coefficient (Wildman–Crippen LogP) is 3.31. The third-order valence-corrected chi connectivity index (χ3v) is 4.23. The van der Waals surface area contributed by atoms with Gasteiger partial charge in [0.1, 0.15) is 6.54 Å². The van der Waals surface area contributed by atoms with Crippen molar-refractivity contribution in [2.45, 2.75) is 38.7 Å². The van der Waals surface area contributed by atoms with E-state index >= 15 is 0 Å². The maximum Gasteiger partial charge on any atom is 0.303 e. The lowest BCUT2D eigenvalue weighted by molar-refractivity contribution is -0.912. The van der Waals surface area contributed by atoms with Gasteiger partial charge in [-0.05, 0) is 31.2 Å². The second kappa shape index (κ2) is 6.89. The zero-order valence-electron chi connectivity index (χ0n) is 12.7. The summed E-state index contributed by atoms with van der Waals surface area (Å²) in [5.74, 6) is -0.194. The number of ether oxygens (including phenoxy) is 1. The van der Waals surface area contributed by atoms with Crippen LogP contribution in [0.4, 0.5) is 0 Å². The van der Waals surface area contributed by atoms with E-state index in [0.717, 1.165) is 16.6 Å². The van der Waals surface area contributed by atoms with Crippen LogP contribution in [0, 0.1) is 0 Å². The van der Waals surface area contributed by atoms with E-state index in [1.165, 1.54) is 45.7 Å². The van der Waals surface area contributed by atoms with Crippen molar-refractivity contribution in [3.63, 3.8) is 0 Å². The number of esters is 1. The first-order valence-electron chi connectivity index (χ1n) is 7.65. The Balaban J connectivity index is 2.12. The molecule has 1 atom stereocenters. The average Bonchev–Trinajstić information content (AvgIpc) is 2.63. The van der Waals surface area contributed by atoms with Gasteiger partial charge in [0.15, 0.2) is 6.10 Å². The van der Waals surface area contributed by atoms with Crippen molar-refractivity contribution < 1.29 is 14.0 Å². The SMILES string of the molecule is CC(=O)O[C@@H](C[N+]1(C)CCCCCC1)c1ccccc1. The number of nitrogens with zero attached hydrogens (tertiary/aromatic N) is 1. The minimum absolute atomic E-state index is 0.128. The molecule has 1 aromatic carbocycles. The minimum atomic E-state index is -0.194. The molecule has 1 saturated heterocycles. The molecule has 1 aromatic rings. The predicted molar refractivity (Wildman–Crippen MR) is 80.2 cm³/mol. The Labute approximate surface area is 122 Å². The Morgan fingerprint density at radius 1 is 1.15 bits per heavy atom. The van der Waals surface area contributed by atoms with Gasteiger partial charge in [0, 0.05) is 6.92 Å². The summed E-state index contributed by atoms with van der Waals surface area (Å²) in [5, 5.41) is 0. The van der Waals surface area contributed by atoms with E-state index in [1.807, 2.05) is 18.2 Å². The van der Waals surface area contributed by atoms with Crippen LogP contribution in [0.5, 0.6) is 0 Å². The first kappa shape index (κ1) is 15.0. The van der Waals surface area contributed by atoms with E-state index < -0.39 is 0 Å². The molecule has 2 rings (SSSR count). The number of likely N-dealkylation sites (tertiary alicyclic amines) is 1. The standard InChI is InChI=1S/C17H26NO2/c1-15(19)20-17(16-10-6-5-7-11-16)14-18(2)12-8-3-4-9-13-18/h5-7,10-11,17H,3-4,8-9,12-14H2,1-2H3/q+1/t17-/m0/s1. The first-order chi connectivity index (χ1) is 9.59. The molecule has 0 aliphatic carbocycles. The number of rotatable bonds is 4. The Morgan fingerprint density at radius 2 is 1.75 bits per heavy atom. The van der Waals surface area contributed by atoms with Gasteiger partial charge < -0.3 is 9.22 Å². The molecule has 1 fully saturated rings. The fourth-order valence-electron chi connectivity index (χ4n) is 3.11. The summed E-state index contributed by atoms with van der Waals surface area (Å²) < 4.78 is 6.60. The molecule has 0 radical (unpaired) electrons. The first-order valence-corrected chi connectivity index (χ1v) is 7.65. The summed E-state index contributed by atoms with van der Waals surface area (Å²) >= 11 is 0. The van der Waals surface area contributed by atoms with Crippen molar-refractivity contribution in [2.24, 2.45) is 0 Å².